The summed E-state index contributed by atoms with van der Waals surface area (Å²) in [4.78, 5) is 36.9. The highest BCUT2D eigenvalue weighted by Crippen LogP contribution is 2.29. The molecule has 2 N–H and O–H groups in total. The SMILES string of the molecule is C=C(C)C(F)(F)COc1ccc(C(C)NC(=O)c2cc(C)nc(NC(=O)C3CC3)n2)cn1. The molecular weight excluding hydrogens is 420 g/mol. The Morgan fingerprint density at radius 3 is 2.62 bits per heavy atom. The van der Waals surface area contributed by atoms with Crippen molar-refractivity contribution in [1.82, 2.24) is 20.3 Å². The lowest BCUT2D eigenvalue weighted by molar-refractivity contribution is -0.117. The zero-order valence-electron chi connectivity index (χ0n) is 18.1. The van der Waals surface area contributed by atoms with Gasteiger partial charge < -0.3 is 10.1 Å². The highest BCUT2D eigenvalue weighted by Gasteiger charge is 2.31. The van der Waals surface area contributed by atoms with Crippen molar-refractivity contribution in [2.24, 2.45) is 5.92 Å². The van der Waals surface area contributed by atoms with Crippen molar-refractivity contribution in [1.29, 1.82) is 0 Å². The number of ether oxygens (including phenoxy) is 1. The van der Waals surface area contributed by atoms with Gasteiger partial charge in [-0.15, -0.1) is 0 Å². The summed E-state index contributed by atoms with van der Waals surface area (Å²) in [6, 6.07) is 4.15. The minimum Gasteiger partial charge on any atom is -0.471 e. The van der Waals surface area contributed by atoms with E-state index >= 15 is 0 Å². The van der Waals surface area contributed by atoms with Crippen molar-refractivity contribution in [3.63, 3.8) is 0 Å². The first-order chi connectivity index (χ1) is 15.0. The summed E-state index contributed by atoms with van der Waals surface area (Å²) in [5, 5.41) is 5.43. The molecule has 0 spiro atoms. The van der Waals surface area contributed by atoms with Crippen LogP contribution in [0.25, 0.3) is 0 Å². The molecule has 0 saturated heterocycles. The van der Waals surface area contributed by atoms with Crippen LogP contribution in [-0.4, -0.2) is 39.3 Å². The monoisotopic (exact) mass is 445 g/mol. The zero-order chi connectivity index (χ0) is 23.5. The number of pyridine rings is 1. The van der Waals surface area contributed by atoms with E-state index in [1.54, 1.807) is 19.9 Å². The Balaban J connectivity index is 1.61. The van der Waals surface area contributed by atoms with Crippen molar-refractivity contribution < 1.29 is 23.1 Å². The van der Waals surface area contributed by atoms with Gasteiger partial charge in [0.2, 0.25) is 17.7 Å². The fraction of sp³-hybridized carbons (Fsp3) is 0.409. The molecule has 1 atom stereocenters. The molecule has 0 radical (unpaired) electrons. The van der Waals surface area contributed by atoms with E-state index in [2.05, 4.69) is 32.2 Å². The molecule has 10 heteroatoms. The number of amides is 2. The second kappa shape index (κ2) is 9.37. The second-order valence-corrected chi connectivity index (χ2v) is 7.88. The number of carbonyl (C=O) groups is 2. The van der Waals surface area contributed by atoms with Gasteiger partial charge in [-0.2, -0.15) is 8.78 Å². The molecule has 32 heavy (non-hydrogen) atoms. The van der Waals surface area contributed by atoms with Crippen LogP contribution in [0.1, 0.15) is 54.5 Å². The third-order valence-corrected chi connectivity index (χ3v) is 4.90. The number of hydrogen-bond acceptors (Lipinski definition) is 6. The highest BCUT2D eigenvalue weighted by atomic mass is 19.3. The summed E-state index contributed by atoms with van der Waals surface area (Å²) in [5.41, 5.74) is 1.01. The standard InChI is InChI=1S/C22H25F2N5O3/c1-12(2)22(23,24)11-32-18-8-7-16(10-25-18)14(4)27-20(31)17-9-13(3)26-21(28-17)29-19(30)15-5-6-15/h7-10,14-15H,1,5-6,11H2,2-4H3,(H,27,31)(H,26,28,29,30). The molecule has 2 aromatic rings. The van der Waals surface area contributed by atoms with Crippen LogP contribution in [0.3, 0.4) is 0 Å². The molecule has 1 unspecified atom stereocenters. The number of aryl methyl sites for hydroxylation is 1. The molecule has 2 aromatic heterocycles. The lowest BCUT2D eigenvalue weighted by Gasteiger charge is -2.17. The molecule has 2 amide bonds. The van der Waals surface area contributed by atoms with Crippen LogP contribution in [0.5, 0.6) is 5.88 Å². The molecule has 1 saturated carbocycles. The minimum absolute atomic E-state index is 0.0112. The third-order valence-electron chi connectivity index (χ3n) is 4.90. The maximum atomic E-state index is 13.6. The fourth-order valence-electron chi connectivity index (χ4n) is 2.67. The summed E-state index contributed by atoms with van der Waals surface area (Å²) in [7, 11) is 0. The molecule has 0 bridgehead atoms. The van der Waals surface area contributed by atoms with Gasteiger partial charge >= 0.3 is 5.92 Å². The number of rotatable bonds is 9. The first kappa shape index (κ1) is 23.2. The van der Waals surface area contributed by atoms with Crippen LogP contribution in [-0.2, 0) is 4.79 Å². The van der Waals surface area contributed by atoms with Crippen molar-refractivity contribution >= 4 is 17.8 Å². The Morgan fingerprint density at radius 1 is 1.31 bits per heavy atom. The molecule has 8 nitrogen and oxygen atoms in total. The van der Waals surface area contributed by atoms with Crippen LogP contribution in [0.4, 0.5) is 14.7 Å². The average Bonchev–Trinajstić information content (AvgIpc) is 3.57. The van der Waals surface area contributed by atoms with Gasteiger partial charge in [0.15, 0.2) is 6.61 Å². The van der Waals surface area contributed by atoms with Crippen molar-refractivity contribution in [3.8, 4) is 5.88 Å². The number of aromatic nitrogens is 3. The normalized spacial score (nSPS) is 14.4. The van der Waals surface area contributed by atoms with E-state index in [4.69, 9.17) is 4.74 Å². The lowest BCUT2D eigenvalue weighted by atomic mass is 10.1. The van der Waals surface area contributed by atoms with Crippen molar-refractivity contribution in [2.75, 3.05) is 11.9 Å². The number of hydrogen-bond donors (Lipinski definition) is 2. The molecule has 3 rings (SSSR count). The van der Waals surface area contributed by atoms with Crippen molar-refractivity contribution in [2.45, 2.75) is 45.6 Å². The van der Waals surface area contributed by atoms with Crippen LogP contribution < -0.4 is 15.4 Å². The van der Waals surface area contributed by atoms with Gasteiger partial charge in [-0.3, -0.25) is 14.9 Å². The zero-order valence-corrected chi connectivity index (χ0v) is 18.1. The van der Waals surface area contributed by atoms with Crippen LogP contribution in [0.15, 0.2) is 36.5 Å². The first-order valence-electron chi connectivity index (χ1n) is 10.1. The van der Waals surface area contributed by atoms with E-state index in [-0.39, 0.29) is 34.9 Å². The molecule has 170 valence electrons. The van der Waals surface area contributed by atoms with Gasteiger partial charge in [-0.1, -0.05) is 12.6 Å². The minimum atomic E-state index is -3.14. The summed E-state index contributed by atoms with van der Waals surface area (Å²) in [5.74, 6) is -3.63. The maximum Gasteiger partial charge on any atom is 0.302 e. The van der Waals surface area contributed by atoms with Gasteiger partial charge in [0.05, 0.1) is 6.04 Å². The largest absolute Gasteiger partial charge is 0.471 e. The smallest absolute Gasteiger partial charge is 0.302 e. The van der Waals surface area contributed by atoms with Gasteiger partial charge in [0.25, 0.3) is 5.91 Å². The Morgan fingerprint density at radius 2 is 2.03 bits per heavy atom. The number of anilines is 1. The van der Waals surface area contributed by atoms with E-state index < -0.39 is 24.5 Å². The molecular formula is C22H25F2N5O3. The summed E-state index contributed by atoms with van der Waals surface area (Å²) in [6.45, 7) is 7.07. The van der Waals surface area contributed by atoms with E-state index in [1.807, 2.05) is 0 Å². The predicted octanol–water partition coefficient (Wildman–Crippen LogP) is 3.61. The summed E-state index contributed by atoms with van der Waals surface area (Å²) in [6.07, 6.45) is 3.12. The first-order valence-corrected chi connectivity index (χ1v) is 10.1. The van der Waals surface area contributed by atoms with E-state index in [1.165, 1.54) is 25.3 Å². The van der Waals surface area contributed by atoms with Gasteiger partial charge in [0, 0.05) is 23.9 Å². The number of alkyl halides is 2. The molecule has 1 aliphatic rings. The summed E-state index contributed by atoms with van der Waals surface area (Å²) < 4.78 is 32.2. The molecule has 0 aromatic carbocycles. The Hall–Kier alpha value is -3.43. The van der Waals surface area contributed by atoms with E-state index in [0.717, 1.165) is 12.8 Å². The Kier molecular flexibility index (Phi) is 6.81. The molecule has 1 fully saturated rings. The van der Waals surface area contributed by atoms with E-state index in [9.17, 15) is 18.4 Å². The number of nitrogens with zero attached hydrogens (tertiary/aromatic N) is 3. The lowest BCUT2D eigenvalue weighted by Crippen LogP contribution is -2.28. The third kappa shape index (κ3) is 6.05. The number of carbonyl (C=O) groups excluding carboxylic acids is 2. The number of nitrogens with one attached hydrogen (secondary N) is 2. The van der Waals surface area contributed by atoms with Crippen LogP contribution in [0, 0.1) is 12.8 Å². The van der Waals surface area contributed by atoms with Gasteiger partial charge in [0.1, 0.15) is 5.69 Å². The van der Waals surface area contributed by atoms with Crippen molar-refractivity contribution in [3.05, 3.63) is 53.5 Å². The molecule has 2 heterocycles. The topological polar surface area (TPSA) is 106 Å². The highest BCUT2D eigenvalue weighted by molar-refractivity contribution is 5.95. The number of halogens is 2. The second-order valence-electron chi connectivity index (χ2n) is 7.88. The molecule has 0 aliphatic heterocycles. The van der Waals surface area contributed by atoms with Crippen LogP contribution >= 0.6 is 0 Å². The molecule has 1 aliphatic carbocycles. The van der Waals surface area contributed by atoms with E-state index in [0.29, 0.717) is 11.3 Å². The van der Waals surface area contributed by atoms with Gasteiger partial charge in [-0.25, -0.2) is 15.0 Å². The maximum absolute atomic E-state index is 13.6. The van der Waals surface area contributed by atoms with Gasteiger partial charge in [-0.05, 0) is 50.8 Å². The van der Waals surface area contributed by atoms with Crippen LogP contribution in [0.2, 0.25) is 0 Å². The Labute approximate surface area is 184 Å². The predicted molar refractivity (Wildman–Crippen MR) is 113 cm³/mol. The summed E-state index contributed by atoms with van der Waals surface area (Å²) >= 11 is 0. The quantitative estimate of drug-likeness (QED) is 0.571. The Bertz CT molecular complexity index is 1020. The fourth-order valence-corrected chi connectivity index (χ4v) is 2.67. The average molecular weight is 445 g/mol.